The van der Waals surface area contributed by atoms with Crippen molar-refractivity contribution in [2.75, 3.05) is 12.3 Å². The van der Waals surface area contributed by atoms with Gasteiger partial charge in [-0.15, -0.1) is 0 Å². The van der Waals surface area contributed by atoms with Crippen LogP contribution < -0.4 is 5.73 Å². The minimum absolute atomic E-state index is 0.171. The number of aryl methyl sites for hydroxylation is 2. The molecule has 0 aromatic carbocycles. The molecule has 0 unspecified atom stereocenters. The number of anilines is 1. The van der Waals surface area contributed by atoms with E-state index in [1.54, 1.807) is 24.6 Å². The van der Waals surface area contributed by atoms with Crippen LogP contribution in [0.1, 0.15) is 34.5 Å². The maximum atomic E-state index is 11.7. The molecule has 2 rings (SSSR count). The number of carbonyl (C=O) groups is 1. The highest BCUT2D eigenvalue weighted by atomic mass is 16.5. The van der Waals surface area contributed by atoms with Crippen LogP contribution in [0.15, 0.2) is 18.3 Å². The van der Waals surface area contributed by atoms with Gasteiger partial charge in [-0.2, -0.15) is 0 Å². The molecule has 0 bridgehead atoms. The highest BCUT2D eigenvalue weighted by Gasteiger charge is 2.19. The number of nitrogens with two attached hydrogens (primary N) is 1. The van der Waals surface area contributed by atoms with Crippen LogP contribution in [0.4, 0.5) is 5.82 Å². The Morgan fingerprint density at radius 3 is 2.75 bits per heavy atom. The number of imidazole rings is 1. The molecule has 0 radical (unpaired) electrons. The number of hydrogen-bond donors (Lipinski definition) is 1. The third kappa shape index (κ3) is 2.79. The van der Waals surface area contributed by atoms with Crippen molar-refractivity contribution >= 4 is 11.8 Å². The number of esters is 1. The summed E-state index contributed by atoms with van der Waals surface area (Å²) in [7, 11) is 0. The van der Waals surface area contributed by atoms with Gasteiger partial charge in [-0.05, 0) is 32.4 Å². The molecular formula is C14H18N4O2. The summed E-state index contributed by atoms with van der Waals surface area (Å²) >= 11 is 0. The molecule has 106 valence electrons. The normalized spacial score (nSPS) is 10.6. The predicted molar refractivity (Wildman–Crippen MR) is 75.4 cm³/mol. The van der Waals surface area contributed by atoms with Crippen LogP contribution in [0.25, 0.3) is 0 Å². The quantitative estimate of drug-likeness (QED) is 0.858. The van der Waals surface area contributed by atoms with Gasteiger partial charge in [-0.3, -0.25) is 4.98 Å². The van der Waals surface area contributed by atoms with Crippen molar-refractivity contribution in [2.24, 2.45) is 0 Å². The van der Waals surface area contributed by atoms with Crippen LogP contribution in [0.5, 0.6) is 0 Å². The minimum Gasteiger partial charge on any atom is -0.461 e. The lowest BCUT2D eigenvalue weighted by atomic mass is 10.2. The van der Waals surface area contributed by atoms with E-state index in [0.717, 1.165) is 11.3 Å². The Hall–Kier alpha value is -2.37. The van der Waals surface area contributed by atoms with Crippen LogP contribution in [-0.2, 0) is 11.3 Å². The van der Waals surface area contributed by atoms with Gasteiger partial charge in [0.1, 0.15) is 11.6 Å². The van der Waals surface area contributed by atoms with Crippen molar-refractivity contribution < 1.29 is 9.53 Å². The Labute approximate surface area is 117 Å². The van der Waals surface area contributed by atoms with Crippen LogP contribution in [0.3, 0.4) is 0 Å². The predicted octanol–water partition coefficient (Wildman–Crippen LogP) is 1.70. The highest BCUT2D eigenvalue weighted by molar-refractivity contribution is 5.92. The lowest BCUT2D eigenvalue weighted by molar-refractivity contribution is 0.0521. The Morgan fingerprint density at radius 2 is 2.15 bits per heavy atom. The molecule has 20 heavy (non-hydrogen) atoms. The Bertz CT molecular complexity index is 617. The van der Waals surface area contributed by atoms with Crippen molar-refractivity contribution in [3.63, 3.8) is 0 Å². The molecular weight excluding hydrogens is 256 g/mol. The van der Waals surface area contributed by atoms with Crippen molar-refractivity contribution in [2.45, 2.75) is 27.3 Å². The molecule has 2 heterocycles. The first kappa shape index (κ1) is 14.0. The SMILES string of the molecule is CCOC(=O)c1nc(C)n(Cc2ccc(C)nc2)c1N. The molecule has 0 aliphatic rings. The van der Waals surface area contributed by atoms with E-state index in [1.165, 1.54) is 0 Å². The van der Waals surface area contributed by atoms with Crippen LogP contribution in [0, 0.1) is 13.8 Å². The van der Waals surface area contributed by atoms with Gasteiger partial charge in [0.25, 0.3) is 0 Å². The molecule has 0 saturated heterocycles. The van der Waals surface area contributed by atoms with Gasteiger partial charge in [0.05, 0.1) is 13.2 Å². The molecule has 0 atom stereocenters. The van der Waals surface area contributed by atoms with Crippen molar-refractivity contribution in [1.82, 2.24) is 14.5 Å². The molecule has 2 aromatic heterocycles. The zero-order chi connectivity index (χ0) is 14.7. The number of pyridine rings is 1. The first-order valence-corrected chi connectivity index (χ1v) is 6.44. The average molecular weight is 274 g/mol. The first-order valence-electron chi connectivity index (χ1n) is 6.44. The van der Waals surface area contributed by atoms with Crippen molar-refractivity contribution in [3.05, 3.63) is 41.1 Å². The third-order valence-corrected chi connectivity index (χ3v) is 2.98. The zero-order valence-electron chi connectivity index (χ0n) is 11.9. The van der Waals surface area contributed by atoms with Crippen LogP contribution >= 0.6 is 0 Å². The third-order valence-electron chi connectivity index (χ3n) is 2.98. The lowest BCUT2D eigenvalue weighted by Gasteiger charge is -2.08. The van der Waals surface area contributed by atoms with Gasteiger partial charge in [0, 0.05) is 11.9 Å². The van der Waals surface area contributed by atoms with E-state index in [2.05, 4.69) is 9.97 Å². The molecule has 6 heteroatoms. The zero-order valence-corrected chi connectivity index (χ0v) is 11.9. The summed E-state index contributed by atoms with van der Waals surface area (Å²) < 4.78 is 6.71. The molecule has 0 aliphatic carbocycles. The van der Waals surface area contributed by atoms with Gasteiger partial charge in [-0.25, -0.2) is 9.78 Å². The summed E-state index contributed by atoms with van der Waals surface area (Å²) in [6.07, 6.45) is 1.79. The molecule has 2 N–H and O–H groups in total. The maximum Gasteiger partial charge on any atom is 0.360 e. The topological polar surface area (TPSA) is 83.0 Å². The number of rotatable bonds is 4. The number of nitrogen functional groups attached to an aromatic ring is 1. The monoisotopic (exact) mass is 274 g/mol. The van der Waals surface area contributed by atoms with Gasteiger partial charge in [0.2, 0.25) is 0 Å². The van der Waals surface area contributed by atoms with Gasteiger partial charge >= 0.3 is 5.97 Å². The standard InChI is InChI=1S/C14H18N4O2/c1-4-20-14(19)12-13(15)18(10(3)17-12)8-11-6-5-9(2)16-7-11/h5-7H,4,8,15H2,1-3H3. The molecule has 6 nitrogen and oxygen atoms in total. The highest BCUT2D eigenvalue weighted by Crippen LogP contribution is 2.17. The van der Waals surface area contributed by atoms with Gasteiger partial charge in [0.15, 0.2) is 5.69 Å². The van der Waals surface area contributed by atoms with Crippen molar-refractivity contribution in [1.29, 1.82) is 0 Å². The second kappa shape index (κ2) is 5.73. The Balaban J connectivity index is 2.28. The summed E-state index contributed by atoms with van der Waals surface area (Å²) in [4.78, 5) is 20.2. The minimum atomic E-state index is -0.492. The van der Waals surface area contributed by atoms with Crippen LogP contribution in [0.2, 0.25) is 0 Å². The lowest BCUT2D eigenvalue weighted by Crippen LogP contribution is -2.10. The Kier molecular flexibility index (Phi) is 4.02. The molecule has 0 spiro atoms. The Morgan fingerprint density at radius 1 is 1.40 bits per heavy atom. The molecule has 0 saturated carbocycles. The summed E-state index contributed by atoms with van der Waals surface area (Å²) in [6, 6.07) is 3.91. The molecule has 0 fully saturated rings. The number of hydrogen-bond acceptors (Lipinski definition) is 5. The number of aromatic nitrogens is 3. The van der Waals surface area contributed by atoms with E-state index in [9.17, 15) is 4.79 Å². The molecule has 2 aromatic rings. The summed E-state index contributed by atoms with van der Waals surface area (Å²) in [5.74, 6) is 0.501. The van der Waals surface area contributed by atoms with Gasteiger partial charge in [-0.1, -0.05) is 6.07 Å². The largest absolute Gasteiger partial charge is 0.461 e. The average Bonchev–Trinajstić information content (AvgIpc) is 2.69. The fourth-order valence-corrected chi connectivity index (χ4v) is 1.91. The summed E-state index contributed by atoms with van der Waals surface area (Å²) in [5, 5.41) is 0. The molecule has 0 amide bonds. The maximum absolute atomic E-state index is 11.7. The van der Waals surface area contributed by atoms with E-state index in [1.807, 2.05) is 19.1 Å². The fourth-order valence-electron chi connectivity index (χ4n) is 1.91. The summed E-state index contributed by atoms with van der Waals surface area (Å²) in [5.41, 5.74) is 8.12. The molecule has 0 aliphatic heterocycles. The van der Waals surface area contributed by atoms with E-state index >= 15 is 0 Å². The van der Waals surface area contributed by atoms with E-state index in [0.29, 0.717) is 24.8 Å². The van der Waals surface area contributed by atoms with E-state index < -0.39 is 5.97 Å². The second-order valence-corrected chi connectivity index (χ2v) is 4.51. The van der Waals surface area contributed by atoms with Crippen molar-refractivity contribution in [3.8, 4) is 0 Å². The summed E-state index contributed by atoms with van der Waals surface area (Å²) in [6.45, 7) is 6.31. The number of carbonyl (C=O) groups excluding carboxylic acids is 1. The smallest absolute Gasteiger partial charge is 0.360 e. The van der Waals surface area contributed by atoms with E-state index in [4.69, 9.17) is 10.5 Å². The van der Waals surface area contributed by atoms with Crippen LogP contribution in [-0.4, -0.2) is 27.1 Å². The number of nitrogens with zero attached hydrogens (tertiary/aromatic N) is 3. The fraction of sp³-hybridized carbons (Fsp3) is 0.357. The number of ether oxygens (including phenoxy) is 1. The van der Waals surface area contributed by atoms with E-state index in [-0.39, 0.29) is 5.69 Å². The van der Waals surface area contributed by atoms with Gasteiger partial charge < -0.3 is 15.0 Å². The first-order chi connectivity index (χ1) is 9.52. The second-order valence-electron chi connectivity index (χ2n) is 4.51.